The maximum atomic E-state index is 13.3. The number of nitrogens with zero attached hydrogens (tertiary/aromatic N) is 2. The van der Waals surface area contributed by atoms with Gasteiger partial charge >= 0.3 is 0 Å². The third kappa shape index (κ3) is 5.49. The van der Waals surface area contributed by atoms with Crippen LogP contribution in [0.1, 0.15) is 39.1 Å². The lowest BCUT2D eigenvalue weighted by atomic mass is 9.89. The highest BCUT2D eigenvalue weighted by Gasteiger charge is 2.27. The molecule has 1 fully saturated rings. The second-order valence-electron chi connectivity index (χ2n) is 8.48. The number of aryl methyl sites for hydroxylation is 1. The molecule has 1 aliphatic heterocycles. The average Bonchev–Trinajstić information content (AvgIpc) is 3.25. The Kier molecular flexibility index (Phi) is 7.20. The van der Waals surface area contributed by atoms with Crippen LogP contribution in [-0.2, 0) is 0 Å². The highest BCUT2D eigenvalue weighted by atomic mass is 32.1. The molecule has 1 aliphatic rings. The topological polar surface area (TPSA) is 66.6 Å². The van der Waals surface area contributed by atoms with Crippen molar-refractivity contribution in [3.63, 3.8) is 0 Å². The number of benzene rings is 2. The van der Waals surface area contributed by atoms with E-state index in [1.54, 1.807) is 47.7 Å². The number of carbonyl (C=O) groups is 2. The lowest BCUT2D eigenvalue weighted by Gasteiger charge is -2.33. The van der Waals surface area contributed by atoms with Gasteiger partial charge in [0, 0.05) is 35.8 Å². The van der Waals surface area contributed by atoms with Gasteiger partial charge in [-0.15, -0.1) is 11.3 Å². The molecule has 5 nitrogen and oxygen atoms in total. The molecule has 0 spiro atoms. The molecule has 2 heterocycles. The summed E-state index contributed by atoms with van der Waals surface area (Å²) in [6, 6.07) is 14.9. The predicted molar refractivity (Wildman–Crippen MR) is 131 cm³/mol. The van der Waals surface area contributed by atoms with Gasteiger partial charge in [0.1, 0.15) is 10.8 Å². The van der Waals surface area contributed by atoms with Crippen molar-refractivity contribution in [2.45, 2.75) is 19.8 Å². The fourth-order valence-corrected chi connectivity index (χ4v) is 5.23. The van der Waals surface area contributed by atoms with Gasteiger partial charge in [0.15, 0.2) is 5.78 Å². The van der Waals surface area contributed by atoms with Crippen LogP contribution in [0.15, 0.2) is 60.0 Å². The lowest BCUT2D eigenvalue weighted by Crippen LogP contribution is -2.42. The number of amides is 1. The van der Waals surface area contributed by atoms with Gasteiger partial charge in [0.05, 0.1) is 0 Å². The van der Waals surface area contributed by atoms with Gasteiger partial charge in [-0.05, 0) is 92.3 Å². The zero-order chi connectivity index (χ0) is 23.4. The normalized spacial score (nSPS) is 14.8. The zero-order valence-electron chi connectivity index (χ0n) is 18.7. The van der Waals surface area contributed by atoms with E-state index in [9.17, 15) is 14.0 Å². The minimum Gasteiger partial charge on any atom is -0.399 e. The fourth-order valence-electron chi connectivity index (χ4n) is 4.27. The summed E-state index contributed by atoms with van der Waals surface area (Å²) >= 11 is 1.56. The van der Waals surface area contributed by atoms with Crippen molar-refractivity contribution >= 4 is 33.7 Å². The molecule has 0 bridgehead atoms. The molecule has 4 rings (SSSR count). The number of halogens is 1. The number of nitrogens with two attached hydrogens (primary N) is 1. The highest BCUT2D eigenvalue weighted by Crippen LogP contribution is 2.29. The minimum atomic E-state index is -0.334. The fraction of sp³-hybridized carbons (Fsp3) is 0.308. The van der Waals surface area contributed by atoms with Crippen LogP contribution < -0.4 is 10.6 Å². The van der Waals surface area contributed by atoms with Crippen molar-refractivity contribution in [2.75, 3.05) is 36.8 Å². The largest absolute Gasteiger partial charge is 0.399 e. The van der Waals surface area contributed by atoms with Gasteiger partial charge in [0.25, 0.3) is 5.91 Å². The molecule has 7 heteroatoms. The molecule has 1 amide bonds. The number of rotatable bonds is 7. The number of hydrogen-bond donors (Lipinski definition) is 1. The van der Waals surface area contributed by atoms with E-state index in [1.165, 1.54) is 12.1 Å². The van der Waals surface area contributed by atoms with Gasteiger partial charge in [0.2, 0.25) is 0 Å². The number of Topliss-reactive ketones (excluding diaryl/α,β-unsaturated/α-hetero) is 1. The van der Waals surface area contributed by atoms with Crippen LogP contribution >= 0.6 is 11.3 Å². The highest BCUT2D eigenvalue weighted by molar-refractivity contribution is 7.14. The maximum absolute atomic E-state index is 13.3. The first-order valence-electron chi connectivity index (χ1n) is 11.2. The molecule has 0 saturated carbocycles. The summed E-state index contributed by atoms with van der Waals surface area (Å²) in [5.74, 6) is -0.354. The molecule has 0 aliphatic carbocycles. The van der Waals surface area contributed by atoms with Crippen molar-refractivity contribution in [1.82, 2.24) is 4.90 Å². The molecular formula is C26H28FN3O2S. The Morgan fingerprint density at radius 2 is 1.82 bits per heavy atom. The molecule has 172 valence electrons. The van der Waals surface area contributed by atoms with E-state index in [0.29, 0.717) is 23.4 Å². The summed E-state index contributed by atoms with van der Waals surface area (Å²) in [7, 11) is 0. The first-order valence-corrected chi connectivity index (χ1v) is 12.0. The standard InChI is InChI=1S/C26H28FN3O2S/c1-18-11-16-33-26(18)30(25(32)21-3-2-4-23(28)17-21)15-14-29-12-9-20(10-13-29)24(31)19-5-7-22(27)8-6-19/h2-8,11,16-17,20H,9-10,12-15,28H2,1H3. The van der Waals surface area contributed by atoms with Crippen LogP contribution in [0.2, 0.25) is 0 Å². The molecule has 0 atom stereocenters. The summed E-state index contributed by atoms with van der Waals surface area (Å²) in [6.45, 7) is 4.88. The Labute approximate surface area is 197 Å². The summed E-state index contributed by atoms with van der Waals surface area (Å²) < 4.78 is 13.2. The number of ketones is 1. The molecule has 1 saturated heterocycles. The first-order chi connectivity index (χ1) is 15.9. The van der Waals surface area contributed by atoms with Crippen molar-refractivity contribution in [3.05, 3.63) is 82.5 Å². The van der Waals surface area contributed by atoms with E-state index in [1.807, 2.05) is 23.3 Å². The number of hydrogen-bond acceptors (Lipinski definition) is 5. The maximum Gasteiger partial charge on any atom is 0.259 e. The summed E-state index contributed by atoms with van der Waals surface area (Å²) in [5, 5.41) is 2.94. The molecular weight excluding hydrogens is 437 g/mol. The van der Waals surface area contributed by atoms with Crippen LogP contribution in [0, 0.1) is 18.7 Å². The first kappa shape index (κ1) is 23.1. The van der Waals surface area contributed by atoms with Gasteiger partial charge in [-0.1, -0.05) is 6.07 Å². The van der Waals surface area contributed by atoms with Crippen LogP contribution in [-0.4, -0.2) is 42.8 Å². The molecule has 0 radical (unpaired) electrons. The van der Waals surface area contributed by atoms with Gasteiger partial charge in [-0.3, -0.25) is 14.5 Å². The third-order valence-electron chi connectivity index (χ3n) is 6.19. The Hall–Kier alpha value is -3.03. The quantitative estimate of drug-likeness (QED) is 0.393. The molecule has 3 aromatic rings. The Bertz CT molecular complexity index is 1120. The van der Waals surface area contributed by atoms with E-state index in [2.05, 4.69) is 4.90 Å². The van der Waals surface area contributed by atoms with Crippen molar-refractivity contribution < 1.29 is 14.0 Å². The minimum absolute atomic E-state index is 0.0451. The molecule has 2 N–H and O–H groups in total. The van der Waals surface area contributed by atoms with Crippen LogP contribution in [0.3, 0.4) is 0 Å². The van der Waals surface area contributed by atoms with Crippen LogP contribution in [0.4, 0.5) is 15.1 Å². The molecule has 2 aromatic carbocycles. The number of likely N-dealkylation sites (tertiary alicyclic amines) is 1. The summed E-state index contributed by atoms with van der Waals surface area (Å²) in [6.07, 6.45) is 1.52. The van der Waals surface area contributed by atoms with E-state index >= 15 is 0 Å². The predicted octanol–water partition coefficient (Wildman–Crippen LogP) is 5.02. The van der Waals surface area contributed by atoms with Crippen LogP contribution in [0.5, 0.6) is 0 Å². The number of thiophene rings is 1. The second-order valence-corrected chi connectivity index (χ2v) is 9.37. The molecule has 1 aromatic heterocycles. The average molecular weight is 466 g/mol. The van der Waals surface area contributed by atoms with E-state index in [4.69, 9.17) is 5.73 Å². The SMILES string of the molecule is Cc1ccsc1N(CCN1CCC(C(=O)c2ccc(F)cc2)CC1)C(=O)c1cccc(N)c1. The molecule has 0 unspecified atom stereocenters. The zero-order valence-corrected chi connectivity index (χ0v) is 19.5. The van der Waals surface area contributed by atoms with Gasteiger partial charge < -0.3 is 10.6 Å². The van der Waals surface area contributed by atoms with E-state index in [0.717, 1.165) is 43.0 Å². The monoisotopic (exact) mass is 465 g/mol. The van der Waals surface area contributed by atoms with Crippen LogP contribution in [0.25, 0.3) is 0 Å². The third-order valence-corrected chi connectivity index (χ3v) is 7.22. The summed E-state index contributed by atoms with van der Waals surface area (Å²) in [4.78, 5) is 30.2. The van der Waals surface area contributed by atoms with Crippen molar-refractivity contribution in [3.8, 4) is 0 Å². The number of nitrogen functional groups attached to an aromatic ring is 1. The number of anilines is 2. The van der Waals surface area contributed by atoms with E-state index in [-0.39, 0.29) is 23.4 Å². The van der Waals surface area contributed by atoms with Gasteiger partial charge in [-0.25, -0.2) is 4.39 Å². The smallest absolute Gasteiger partial charge is 0.259 e. The number of piperidine rings is 1. The lowest BCUT2D eigenvalue weighted by molar-refractivity contribution is 0.0841. The van der Waals surface area contributed by atoms with Crippen molar-refractivity contribution in [2.24, 2.45) is 5.92 Å². The summed E-state index contributed by atoms with van der Waals surface area (Å²) in [5.41, 5.74) is 8.68. The Morgan fingerprint density at radius 1 is 1.09 bits per heavy atom. The second kappa shape index (κ2) is 10.3. The van der Waals surface area contributed by atoms with Crippen molar-refractivity contribution in [1.29, 1.82) is 0 Å². The Morgan fingerprint density at radius 3 is 2.45 bits per heavy atom. The number of carbonyl (C=O) groups excluding carboxylic acids is 2. The van der Waals surface area contributed by atoms with E-state index < -0.39 is 0 Å². The Balaban J connectivity index is 1.39. The molecule has 33 heavy (non-hydrogen) atoms. The van der Waals surface area contributed by atoms with Gasteiger partial charge in [-0.2, -0.15) is 0 Å².